The van der Waals surface area contributed by atoms with Crippen LogP contribution < -0.4 is 5.32 Å². The minimum atomic E-state index is -3.62. The van der Waals surface area contributed by atoms with Crippen molar-refractivity contribution in [2.24, 2.45) is 5.92 Å². The fraction of sp³-hybridized carbons (Fsp3) is 0.667. The van der Waals surface area contributed by atoms with E-state index in [1.807, 2.05) is 0 Å². The molecule has 1 aromatic rings. The SMILES string of the molecule is CS(=O)(=O)c1ccc(S(=O)(=O)N2CCC(C3CCCN3)CC2)cn1. The van der Waals surface area contributed by atoms with E-state index in [2.05, 4.69) is 10.3 Å². The van der Waals surface area contributed by atoms with E-state index in [9.17, 15) is 16.8 Å². The van der Waals surface area contributed by atoms with Crippen LogP contribution in [0.5, 0.6) is 0 Å². The number of nitrogens with one attached hydrogen (secondary N) is 1. The van der Waals surface area contributed by atoms with Crippen molar-refractivity contribution in [2.45, 2.75) is 41.6 Å². The number of sulfone groups is 1. The van der Waals surface area contributed by atoms with Crippen LogP contribution in [0.2, 0.25) is 0 Å². The van der Waals surface area contributed by atoms with E-state index < -0.39 is 19.9 Å². The van der Waals surface area contributed by atoms with Crippen LogP contribution in [0.3, 0.4) is 0 Å². The van der Waals surface area contributed by atoms with Gasteiger partial charge in [-0.25, -0.2) is 21.8 Å². The summed E-state index contributed by atoms with van der Waals surface area (Å²) >= 11 is 0. The zero-order valence-corrected chi connectivity index (χ0v) is 15.3. The van der Waals surface area contributed by atoms with Crippen molar-refractivity contribution < 1.29 is 16.8 Å². The molecule has 24 heavy (non-hydrogen) atoms. The van der Waals surface area contributed by atoms with Gasteiger partial charge in [0, 0.05) is 31.6 Å². The number of piperidine rings is 1. The number of sulfonamides is 1. The van der Waals surface area contributed by atoms with Gasteiger partial charge in [-0.2, -0.15) is 4.31 Å². The highest BCUT2D eigenvalue weighted by molar-refractivity contribution is 7.90. The second-order valence-electron chi connectivity index (χ2n) is 6.55. The zero-order valence-electron chi connectivity index (χ0n) is 13.7. The molecule has 1 N–H and O–H groups in total. The molecule has 2 aliphatic rings. The number of hydrogen-bond donors (Lipinski definition) is 1. The Morgan fingerprint density at radius 1 is 1.12 bits per heavy atom. The van der Waals surface area contributed by atoms with Gasteiger partial charge in [-0.3, -0.25) is 0 Å². The van der Waals surface area contributed by atoms with E-state index in [0.717, 1.165) is 31.8 Å². The molecule has 2 fully saturated rings. The Morgan fingerprint density at radius 2 is 1.83 bits per heavy atom. The van der Waals surface area contributed by atoms with Crippen LogP contribution in [0.4, 0.5) is 0 Å². The lowest BCUT2D eigenvalue weighted by Gasteiger charge is -2.34. The molecule has 134 valence electrons. The highest BCUT2D eigenvalue weighted by atomic mass is 32.2. The van der Waals surface area contributed by atoms with E-state index in [-0.39, 0.29) is 9.92 Å². The largest absolute Gasteiger partial charge is 0.314 e. The van der Waals surface area contributed by atoms with Crippen molar-refractivity contribution >= 4 is 19.9 Å². The van der Waals surface area contributed by atoms with Crippen molar-refractivity contribution in [3.05, 3.63) is 18.3 Å². The summed E-state index contributed by atoms with van der Waals surface area (Å²) in [5.74, 6) is 0.532. The van der Waals surface area contributed by atoms with Crippen LogP contribution in [0.25, 0.3) is 0 Å². The van der Waals surface area contributed by atoms with Gasteiger partial charge in [0.25, 0.3) is 0 Å². The number of hydrogen-bond acceptors (Lipinski definition) is 6. The van der Waals surface area contributed by atoms with Crippen molar-refractivity contribution in [3.8, 4) is 0 Å². The van der Waals surface area contributed by atoms with Crippen LogP contribution in [-0.4, -0.2) is 58.1 Å². The van der Waals surface area contributed by atoms with E-state index in [0.29, 0.717) is 25.0 Å². The average Bonchev–Trinajstić information content (AvgIpc) is 3.09. The smallest absolute Gasteiger partial charge is 0.244 e. The molecule has 0 radical (unpaired) electrons. The molecule has 3 rings (SSSR count). The fourth-order valence-corrected chi connectivity index (χ4v) is 5.50. The number of rotatable bonds is 4. The Kier molecular flexibility index (Phi) is 4.96. The molecule has 1 atom stereocenters. The summed E-state index contributed by atoms with van der Waals surface area (Å²) in [6.07, 6.45) is 6.26. The lowest BCUT2D eigenvalue weighted by atomic mass is 9.89. The molecular formula is C15H23N3O4S2. The minimum absolute atomic E-state index is 0.0485. The average molecular weight is 374 g/mol. The van der Waals surface area contributed by atoms with Gasteiger partial charge in [-0.1, -0.05) is 0 Å². The molecule has 2 aliphatic heterocycles. The number of aromatic nitrogens is 1. The Labute approximate surface area is 143 Å². The Morgan fingerprint density at radius 3 is 2.33 bits per heavy atom. The van der Waals surface area contributed by atoms with E-state index in [4.69, 9.17) is 0 Å². The third-order valence-electron chi connectivity index (χ3n) is 4.89. The van der Waals surface area contributed by atoms with Gasteiger partial charge in [-0.05, 0) is 50.3 Å². The Bertz CT molecular complexity index is 777. The predicted molar refractivity (Wildman–Crippen MR) is 89.9 cm³/mol. The second kappa shape index (κ2) is 6.70. The van der Waals surface area contributed by atoms with Gasteiger partial charge in [0.2, 0.25) is 10.0 Å². The van der Waals surface area contributed by atoms with Crippen molar-refractivity contribution in [1.29, 1.82) is 0 Å². The number of pyridine rings is 1. The second-order valence-corrected chi connectivity index (χ2v) is 10.4. The van der Waals surface area contributed by atoms with Gasteiger partial charge in [-0.15, -0.1) is 0 Å². The summed E-state index contributed by atoms with van der Waals surface area (Å²) in [7, 11) is -7.05. The summed E-state index contributed by atoms with van der Waals surface area (Å²) in [5.41, 5.74) is 0. The summed E-state index contributed by atoms with van der Waals surface area (Å²) in [5, 5.41) is 3.38. The van der Waals surface area contributed by atoms with Crippen molar-refractivity contribution in [2.75, 3.05) is 25.9 Å². The molecule has 0 aliphatic carbocycles. The Hall–Kier alpha value is -1.03. The highest BCUT2D eigenvalue weighted by Gasteiger charge is 2.33. The lowest BCUT2D eigenvalue weighted by molar-refractivity contribution is 0.234. The van der Waals surface area contributed by atoms with Crippen LogP contribution in [-0.2, 0) is 19.9 Å². The van der Waals surface area contributed by atoms with Gasteiger partial charge in [0.15, 0.2) is 14.9 Å². The highest BCUT2D eigenvalue weighted by Crippen LogP contribution is 2.28. The van der Waals surface area contributed by atoms with Crippen LogP contribution in [0, 0.1) is 5.92 Å². The standard InChI is InChI=1S/C15H23N3O4S2/c1-23(19,20)15-5-4-13(11-17-15)24(21,22)18-9-6-12(7-10-18)14-3-2-8-16-14/h4-5,11-12,14,16H,2-3,6-10H2,1H3. The van der Waals surface area contributed by atoms with Gasteiger partial charge < -0.3 is 5.32 Å². The third-order valence-corrected chi connectivity index (χ3v) is 7.78. The maximum Gasteiger partial charge on any atom is 0.244 e. The number of nitrogens with zero attached hydrogens (tertiary/aromatic N) is 2. The molecule has 1 unspecified atom stereocenters. The molecule has 0 aromatic carbocycles. The molecule has 0 bridgehead atoms. The molecular weight excluding hydrogens is 350 g/mol. The summed E-state index contributed by atoms with van der Waals surface area (Å²) in [6.45, 7) is 2.06. The Balaban J connectivity index is 1.70. The molecule has 9 heteroatoms. The van der Waals surface area contributed by atoms with Crippen LogP contribution >= 0.6 is 0 Å². The van der Waals surface area contributed by atoms with Gasteiger partial charge in [0.05, 0.1) is 0 Å². The minimum Gasteiger partial charge on any atom is -0.314 e. The maximum atomic E-state index is 12.7. The maximum absolute atomic E-state index is 12.7. The first kappa shape index (κ1) is 17.8. The molecule has 0 spiro atoms. The first-order chi connectivity index (χ1) is 11.3. The summed E-state index contributed by atoms with van der Waals surface area (Å²) in [6, 6.07) is 3.09. The van der Waals surface area contributed by atoms with E-state index in [1.165, 1.54) is 29.3 Å². The van der Waals surface area contributed by atoms with Crippen LogP contribution in [0.15, 0.2) is 28.3 Å². The zero-order chi connectivity index (χ0) is 17.4. The van der Waals surface area contributed by atoms with E-state index >= 15 is 0 Å². The first-order valence-electron chi connectivity index (χ1n) is 8.18. The summed E-state index contributed by atoms with van der Waals surface area (Å²) < 4.78 is 49.7. The normalized spacial score (nSPS) is 24.3. The monoisotopic (exact) mass is 373 g/mol. The quantitative estimate of drug-likeness (QED) is 0.832. The third kappa shape index (κ3) is 3.63. The summed E-state index contributed by atoms with van der Waals surface area (Å²) in [4.78, 5) is 3.83. The molecule has 3 heterocycles. The van der Waals surface area contributed by atoms with Crippen LogP contribution in [0.1, 0.15) is 25.7 Å². The lowest BCUT2D eigenvalue weighted by Crippen LogP contribution is -2.43. The molecule has 0 saturated carbocycles. The predicted octanol–water partition coefficient (Wildman–Crippen LogP) is 0.638. The molecule has 1 aromatic heterocycles. The fourth-order valence-electron chi connectivity index (χ4n) is 3.52. The topological polar surface area (TPSA) is 96.4 Å². The molecule has 2 saturated heterocycles. The molecule has 7 nitrogen and oxygen atoms in total. The van der Waals surface area contributed by atoms with Crippen molar-refractivity contribution in [1.82, 2.24) is 14.6 Å². The first-order valence-corrected chi connectivity index (χ1v) is 11.5. The van der Waals surface area contributed by atoms with Gasteiger partial charge in [0.1, 0.15) is 4.90 Å². The van der Waals surface area contributed by atoms with Crippen molar-refractivity contribution in [3.63, 3.8) is 0 Å². The molecule has 0 amide bonds. The van der Waals surface area contributed by atoms with E-state index in [1.54, 1.807) is 0 Å². The van der Waals surface area contributed by atoms with Gasteiger partial charge >= 0.3 is 0 Å².